The summed E-state index contributed by atoms with van der Waals surface area (Å²) in [6.07, 6.45) is 0.755. The number of ether oxygens (including phenoxy) is 2. The fourth-order valence-corrected chi connectivity index (χ4v) is 6.49. The largest absolute Gasteiger partial charge is 0.444 e. The summed E-state index contributed by atoms with van der Waals surface area (Å²) in [5.41, 5.74) is 1.03. The fourth-order valence-electron chi connectivity index (χ4n) is 4.55. The highest BCUT2D eigenvalue weighted by molar-refractivity contribution is 7.93. The number of carbonyl (C=O) groups is 2. The Labute approximate surface area is 239 Å². The molecule has 4 rings (SSSR count). The van der Waals surface area contributed by atoms with Gasteiger partial charge >= 0.3 is 12.2 Å². The molecule has 0 N–H and O–H groups in total. The molecule has 2 amide bonds. The molecule has 2 heterocycles. The van der Waals surface area contributed by atoms with E-state index in [1.165, 1.54) is 23.0 Å². The van der Waals surface area contributed by atoms with Crippen molar-refractivity contribution in [1.82, 2.24) is 9.88 Å². The predicted octanol–water partition coefficient (Wildman–Crippen LogP) is 5.74. The smallest absolute Gasteiger partial charge is 0.430 e. The lowest BCUT2D eigenvalue weighted by Gasteiger charge is -2.30. The molecule has 2 fully saturated rings. The zero-order valence-electron chi connectivity index (χ0n) is 23.9. The Morgan fingerprint density at radius 1 is 1.07 bits per heavy atom. The molecule has 0 bridgehead atoms. The highest BCUT2D eigenvalue weighted by atomic mass is 32.2. The van der Waals surface area contributed by atoms with Crippen LogP contribution in [0.25, 0.3) is 0 Å². The summed E-state index contributed by atoms with van der Waals surface area (Å²) in [7, 11) is -2.89. The Hall–Kier alpha value is -2.93. The molecule has 0 spiro atoms. The lowest BCUT2D eigenvalue weighted by molar-refractivity contribution is 0.0292. The first kappa shape index (κ1) is 30.0. The van der Waals surface area contributed by atoms with Crippen molar-refractivity contribution in [3.8, 4) is 0 Å². The van der Waals surface area contributed by atoms with E-state index in [1.54, 1.807) is 25.7 Å². The van der Waals surface area contributed by atoms with Gasteiger partial charge in [0, 0.05) is 37.2 Å². The van der Waals surface area contributed by atoms with Gasteiger partial charge in [0.25, 0.3) is 10.0 Å². The van der Waals surface area contributed by atoms with Gasteiger partial charge in [-0.3, -0.25) is 0 Å². The van der Waals surface area contributed by atoms with Crippen molar-refractivity contribution in [2.24, 2.45) is 0 Å². The van der Waals surface area contributed by atoms with Crippen LogP contribution in [-0.4, -0.2) is 67.9 Å². The number of nitrogens with zero attached hydrogens (tertiary/aromatic N) is 4. The van der Waals surface area contributed by atoms with Crippen molar-refractivity contribution in [3.05, 3.63) is 34.4 Å². The zero-order valence-corrected chi connectivity index (χ0v) is 25.6. The van der Waals surface area contributed by atoms with Crippen molar-refractivity contribution in [2.75, 3.05) is 29.3 Å². The van der Waals surface area contributed by atoms with Crippen LogP contribution >= 0.6 is 11.3 Å². The summed E-state index contributed by atoms with van der Waals surface area (Å²) in [6.45, 7) is 11.2. The molecular formula is C27H37FN4O6S2. The van der Waals surface area contributed by atoms with Crippen LogP contribution in [0, 0.1) is 5.82 Å². The average molecular weight is 597 g/mol. The highest BCUT2D eigenvalue weighted by Gasteiger charge is 2.40. The minimum atomic E-state index is -4.71. The van der Waals surface area contributed by atoms with Crippen molar-refractivity contribution in [3.63, 3.8) is 0 Å². The number of hydrogen-bond donors (Lipinski definition) is 0. The van der Waals surface area contributed by atoms with E-state index in [9.17, 15) is 18.0 Å². The van der Waals surface area contributed by atoms with E-state index in [0.717, 1.165) is 24.2 Å². The molecule has 1 atom stereocenters. The molecule has 10 nitrogen and oxygen atoms in total. The van der Waals surface area contributed by atoms with Crippen LogP contribution in [0.5, 0.6) is 0 Å². The molecule has 1 aromatic heterocycles. The molecule has 1 aliphatic heterocycles. The Bertz CT molecular complexity index is 1360. The molecular weight excluding hydrogens is 559 g/mol. The number of anilines is 2. The lowest BCUT2D eigenvalue weighted by atomic mass is 10.1. The van der Waals surface area contributed by atoms with E-state index in [-0.39, 0.29) is 17.8 Å². The molecule has 0 radical (unpaired) electrons. The summed E-state index contributed by atoms with van der Waals surface area (Å²) in [4.78, 5) is 32.5. The number of halogens is 1. The van der Waals surface area contributed by atoms with Gasteiger partial charge in [0.15, 0.2) is 5.82 Å². The molecule has 13 heteroatoms. The van der Waals surface area contributed by atoms with Crippen LogP contribution in [0.2, 0.25) is 0 Å². The number of sulfonamides is 1. The number of likely N-dealkylation sites (tertiary alicyclic amines) is 1. The van der Waals surface area contributed by atoms with E-state index in [0.29, 0.717) is 35.1 Å². The SMILES string of the molecule is CN(c1cc(F)c(S(=O)(=O)N(C(=O)OC(C)(C)C)c2cscn2)cc1C1CC1)[C@H]1CCN(C(=O)OC(C)(C)C)C1. The first-order valence-corrected chi connectivity index (χ1v) is 15.6. The van der Waals surface area contributed by atoms with Crippen LogP contribution in [0.3, 0.4) is 0 Å². The standard InChI is InChI=1S/C27H37FN4O6S2/c1-26(2,3)37-24(33)31-11-10-18(14-31)30(7)21-13-20(28)22(12-19(21)17-8-9-17)40(35,36)32(23-15-39-16-29-23)25(34)38-27(4,5)6/h12-13,15-18H,8-11,14H2,1-7H3/t18-/m0/s1. The third-order valence-electron chi connectivity index (χ3n) is 6.55. The second-order valence-corrected chi connectivity index (χ2v) is 14.7. The van der Waals surface area contributed by atoms with Gasteiger partial charge in [-0.15, -0.1) is 15.6 Å². The predicted molar refractivity (Wildman–Crippen MR) is 151 cm³/mol. The van der Waals surface area contributed by atoms with E-state index < -0.39 is 44.1 Å². The number of carbonyl (C=O) groups excluding carboxylic acids is 2. The van der Waals surface area contributed by atoms with Gasteiger partial charge in [-0.25, -0.2) is 27.4 Å². The summed E-state index contributed by atoms with van der Waals surface area (Å²) < 4.78 is 54.7. The minimum absolute atomic E-state index is 0.0598. The Balaban J connectivity index is 1.67. The third-order valence-corrected chi connectivity index (χ3v) is 8.81. The summed E-state index contributed by atoms with van der Waals surface area (Å²) in [6, 6.07) is 2.43. The quantitative estimate of drug-likeness (QED) is 0.416. The maximum Gasteiger partial charge on any atom is 0.430 e. The van der Waals surface area contributed by atoms with Crippen molar-refractivity contribution in [2.45, 2.75) is 88.9 Å². The molecule has 1 aliphatic carbocycles. The number of likely N-dealkylation sites (N-methyl/N-ethyl adjacent to an activating group) is 1. The number of benzene rings is 1. The number of hydrogen-bond acceptors (Lipinski definition) is 9. The number of rotatable bonds is 6. The normalized spacial score (nSPS) is 18.0. The Morgan fingerprint density at radius 2 is 1.73 bits per heavy atom. The average Bonchev–Trinajstić information content (AvgIpc) is 3.29. The van der Waals surface area contributed by atoms with Crippen LogP contribution in [0.4, 0.5) is 25.5 Å². The molecule has 2 aliphatic rings. The maximum absolute atomic E-state index is 15.8. The first-order chi connectivity index (χ1) is 18.5. The molecule has 1 saturated carbocycles. The molecule has 220 valence electrons. The van der Waals surface area contributed by atoms with E-state index in [2.05, 4.69) is 4.98 Å². The molecule has 1 saturated heterocycles. The second kappa shape index (κ2) is 10.8. The summed E-state index contributed by atoms with van der Waals surface area (Å²) in [5.74, 6) is -1.09. The monoisotopic (exact) mass is 596 g/mol. The minimum Gasteiger partial charge on any atom is -0.444 e. The zero-order chi connectivity index (χ0) is 29.6. The van der Waals surface area contributed by atoms with Gasteiger partial charge in [0.05, 0.1) is 5.51 Å². The topological polar surface area (TPSA) is 109 Å². The number of aromatic nitrogens is 1. The van der Waals surface area contributed by atoms with Crippen LogP contribution in [0.1, 0.15) is 72.3 Å². The Morgan fingerprint density at radius 3 is 2.27 bits per heavy atom. The molecule has 40 heavy (non-hydrogen) atoms. The van der Waals surface area contributed by atoms with E-state index in [4.69, 9.17) is 9.47 Å². The van der Waals surface area contributed by atoms with Crippen LogP contribution in [0.15, 0.2) is 27.9 Å². The van der Waals surface area contributed by atoms with Gasteiger partial charge in [-0.05, 0) is 84.4 Å². The number of thiazole rings is 1. The van der Waals surface area contributed by atoms with E-state index >= 15 is 4.39 Å². The van der Waals surface area contributed by atoms with Gasteiger partial charge in [0.1, 0.15) is 21.9 Å². The first-order valence-electron chi connectivity index (χ1n) is 13.2. The van der Waals surface area contributed by atoms with Crippen molar-refractivity contribution < 1.29 is 31.9 Å². The molecule has 0 unspecified atom stereocenters. The van der Waals surface area contributed by atoms with Gasteiger partial charge < -0.3 is 19.3 Å². The summed E-state index contributed by atoms with van der Waals surface area (Å²) >= 11 is 1.10. The van der Waals surface area contributed by atoms with Crippen molar-refractivity contribution >= 4 is 45.1 Å². The van der Waals surface area contributed by atoms with Gasteiger partial charge in [-0.1, -0.05) is 0 Å². The highest BCUT2D eigenvalue weighted by Crippen LogP contribution is 2.46. The maximum atomic E-state index is 15.8. The van der Waals surface area contributed by atoms with Gasteiger partial charge in [-0.2, -0.15) is 0 Å². The third kappa shape index (κ3) is 6.68. The van der Waals surface area contributed by atoms with Crippen LogP contribution < -0.4 is 9.21 Å². The lowest BCUT2D eigenvalue weighted by Crippen LogP contribution is -2.41. The molecule has 1 aromatic carbocycles. The van der Waals surface area contributed by atoms with Gasteiger partial charge in [0.2, 0.25) is 0 Å². The van der Waals surface area contributed by atoms with Crippen molar-refractivity contribution in [1.29, 1.82) is 0 Å². The fraction of sp³-hybridized carbons (Fsp3) is 0.593. The van der Waals surface area contributed by atoms with Crippen LogP contribution in [-0.2, 0) is 19.5 Å². The second-order valence-electron chi connectivity index (χ2n) is 12.2. The number of amides is 2. The summed E-state index contributed by atoms with van der Waals surface area (Å²) in [5, 5.41) is 1.39. The molecule has 2 aromatic rings. The van der Waals surface area contributed by atoms with E-state index in [1.807, 2.05) is 32.7 Å². The Kier molecular flexibility index (Phi) is 8.12.